The van der Waals surface area contributed by atoms with Crippen molar-refractivity contribution in [3.8, 4) is 11.5 Å². The second kappa shape index (κ2) is 13.0. The third kappa shape index (κ3) is 7.41. The maximum atomic E-state index is 13.5. The lowest BCUT2D eigenvalue weighted by atomic mass is 10.1. The Kier molecular flexibility index (Phi) is 9.51. The highest BCUT2D eigenvalue weighted by Gasteiger charge is 2.21. The third-order valence-corrected chi connectivity index (χ3v) is 6.38. The lowest BCUT2D eigenvalue weighted by Gasteiger charge is -2.24. The van der Waals surface area contributed by atoms with Crippen LogP contribution in [0.1, 0.15) is 25.7 Å². The first-order valence-corrected chi connectivity index (χ1v) is 12.6. The Hall–Kier alpha value is -3.25. The monoisotopic (exact) mass is 548 g/mol. The summed E-state index contributed by atoms with van der Waals surface area (Å²) in [5, 5.41) is 27.3. The molecule has 0 spiro atoms. The SMILES string of the molecule is COc1cc2ncnc(Nc3ccc(F)c(Cl)c3)c2cc1OCC(O)CC(O)CC(=O)NC1CCOCC1. The highest BCUT2D eigenvalue weighted by molar-refractivity contribution is 6.31. The average molecular weight is 549 g/mol. The van der Waals surface area contributed by atoms with Crippen LogP contribution in [0.4, 0.5) is 15.9 Å². The second-order valence-corrected chi connectivity index (χ2v) is 9.42. The zero-order valence-electron chi connectivity index (χ0n) is 20.8. The van der Waals surface area contributed by atoms with Gasteiger partial charge < -0.3 is 35.1 Å². The number of hydrogen-bond acceptors (Lipinski definition) is 9. The van der Waals surface area contributed by atoms with Crippen LogP contribution >= 0.6 is 11.6 Å². The van der Waals surface area contributed by atoms with E-state index < -0.39 is 18.0 Å². The molecule has 1 aliphatic heterocycles. The number of carbonyl (C=O) groups is 1. The molecule has 0 aliphatic carbocycles. The largest absolute Gasteiger partial charge is 0.493 e. The summed E-state index contributed by atoms with van der Waals surface area (Å²) in [5.74, 6) is 0.332. The molecule has 1 saturated heterocycles. The van der Waals surface area contributed by atoms with Crippen molar-refractivity contribution in [3.63, 3.8) is 0 Å². The molecule has 4 N–H and O–H groups in total. The van der Waals surface area contributed by atoms with E-state index in [4.69, 9.17) is 25.8 Å². The van der Waals surface area contributed by atoms with Gasteiger partial charge in [-0.2, -0.15) is 0 Å². The quantitative estimate of drug-likeness (QED) is 0.284. The molecule has 10 nitrogen and oxygen atoms in total. The fraction of sp³-hybridized carbons (Fsp3) is 0.423. The number of anilines is 2. The summed E-state index contributed by atoms with van der Waals surface area (Å²) >= 11 is 5.89. The standard InChI is InChI=1S/C26H30ClFN4O6/c1-36-23-12-22-19(26(30-14-29-22)32-16-2-3-21(28)20(27)8-16)11-24(23)38-13-18(34)9-17(33)10-25(35)31-15-4-6-37-7-5-15/h2-3,8,11-12,14-15,17-18,33-34H,4-7,9-10,13H2,1H3,(H,31,35)(H,29,30,32). The van der Waals surface area contributed by atoms with Gasteiger partial charge in [-0.1, -0.05) is 11.6 Å². The minimum atomic E-state index is -1.03. The molecule has 12 heteroatoms. The first-order chi connectivity index (χ1) is 18.3. The van der Waals surface area contributed by atoms with Crippen LogP contribution in [0.3, 0.4) is 0 Å². The molecule has 4 rings (SSSR count). The number of carbonyl (C=O) groups excluding carboxylic acids is 1. The number of fused-ring (bicyclic) bond motifs is 1. The fourth-order valence-corrected chi connectivity index (χ4v) is 4.32. The molecular weight excluding hydrogens is 519 g/mol. The van der Waals surface area contributed by atoms with E-state index in [-0.39, 0.29) is 36.4 Å². The number of benzene rings is 2. The molecule has 0 saturated carbocycles. The van der Waals surface area contributed by atoms with Crippen molar-refractivity contribution in [3.05, 3.63) is 47.5 Å². The first kappa shape index (κ1) is 27.8. The molecule has 38 heavy (non-hydrogen) atoms. The van der Waals surface area contributed by atoms with Gasteiger partial charge in [0.15, 0.2) is 11.5 Å². The maximum absolute atomic E-state index is 13.5. The lowest BCUT2D eigenvalue weighted by Crippen LogP contribution is -2.40. The van der Waals surface area contributed by atoms with Gasteiger partial charge in [0.25, 0.3) is 0 Å². The van der Waals surface area contributed by atoms with Crippen LogP contribution in [-0.2, 0) is 9.53 Å². The summed E-state index contributed by atoms with van der Waals surface area (Å²) in [7, 11) is 1.48. The molecule has 1 amide bonds. The van der Waals surface area contributed by atoms with Crippen LogP contribution in [0.25, 0.3) is 10.9 Å². The van der Waals surface area contributed by atoms with Gasteiger partial charge in [0.1, 0.15) is 24.6 Å². The van der Waals surface area contributed by atoms with E-state index in [9.17, 15) is 19.4 Å². The molecule has 1 aliphatic rings. The van der Waals surface area contributed by atoms with E-state index in [2.05, 4.69) is 20.6 Å². The van der Waals surface area contributed by atoms with E-state index in [0.717, 1.165) is 12.8 Å². The molecule has 1 fully saturated rings. The Balaban J connectivity index is 1.39. The van der Waals surface area contributed by atoms with Gasteiger partial charge in [-0.05, 0) is 37.1 Å². The number of aliphatic hydroxyl groups is 2. The van der Waals surface area contributed by atoms with Gasteiger partial charge in [-0.15, -0.1) is 0 Å². The number of aliphatic hydroxyl groups excluding tert-OH is 2. The van der Waals surface area contributed by atoms with E-state index in [1.54, 1.807) is 12.1 Å². The number of nitrogens with zero attached hydrogens (tertiary/aromatic N) is 2. The number of nitrogens with one attached hydrogen (secondary N) is 2. The van der Waals surface area contributed by atoms with Gasteiger partial charge >= 0.3 is 0 Å². The Morgan fingerprint density at radius 2 is 1.97 bits per heavy atom. The number of halogens is 2. The summed E-state index contributed by atoms with van der Waals surface area (Å²) in [4.78, 5) is 20.7. The van der Waals surface area contributed by atoms with Crippen LogP contribution in [-0.4, -0.2) is 71.3 Å². The molecule has 1 aromatic heterocycles. The molecule has 0 bridgehead atoms. The summed E-state index contributed by atoms with van der Waals surface area (Å²) in [6, 6.07) is 7.58. The molecule has 3 aromatic rings. The van der Waals surface area contributed by atoms with Gasteiger partial charge in [-0.3, -0.25) is 4.79 Å². The minimum absolute atomic E-state index is 0.0312. The molecule has 0 radical (unpaired) electrons. The van der Waals surface area contributed by atoms with Gasteiger partial charge in [0, 0.05) is 42.8 Å². The van der Waals surface area contributed by atoms with E-state index >= 15 is 0 Å². The lowest BCUT2D eigenvalue weighted by molar-refractivity contribution is -0.124. The van der Waals surface area contributed by atoms with Gasteiger partial charge in [0.2, 0.25) is 5.91 Å². The van der Waals surface area contributed by atoms with Gasteiger partial charge in [0.05, 0.1) is 36.3 Å². The number of aromatic nitrogens is 2. The molecular formula is C26H30ClFN4O6. The van der Waals surface area contributed by atoms with Gasteiger partial charge in [-0.25, -0.2) is 14.4 Å². The highest BCUT2D eigenvalue weighted by atomic mass is 35.5. The molecule has 204 valence electrons. The zero-order chi connectivity index (χ0) is 27.1. The minimum Gasteiger partial charge on any atom is -0.493 e. The highest BCUT2D eigenvalue weighted by Crippen LogP contribution is 2.35. The Morgan fingerprint density at radius 3 is 2.71 bits per heavy atom. The number of rotatable bonds is 11. The topological polar surface area (TPSA) is 135 Å². The van der Waals surface area contributed by atoms with E-state index in [1.807, 2.05) is 0 Å². The molecule has 2 heterocycles. The van der Waals surface area contributed by atoms with Crippen molar-refractivity contribution in [1.82, 2.24) is 15.3 Å². The zero-order valence-corrected chi connectivity index (χ0v) is 21.6. The number of ether oxygens (including phenoxy) is 3. The summed E-state index contributed by atoms with van der Waals surface area (Å²) in [5.41, 5.74) is 1.09. The fourth-order valence-electron chi connectivity index (χ4n) is 4.14. The Labute approximate surface area is 224 Å². The Bertz CT molecular complexity index is 1260. The summed E-state index contributed by atoms with van der Waals surface area (Å²) < 4.78 is 30.0. The Morgan fingerprint density at radius 1 is 1.18 bits per heavy atom. The predicted octanol–water partition coefficient (Wildman–Crippen LogP) is 3.35. The first-order valence-electron chi connectivity index (χ1n) is 12.2. The number of methoxy groups -OCH3 is 1. The van der Waals surface area contributed by atoms with Crippen LogP contribution in [0, 0.1) is 5.82 Å². The third-order valence-electron chi connectivity index (χ3n) is 6.09. The second-order valence-electron chi connectivity index (χ2n) is 9.01. The average Bonchev–Trinajstić information content (AvgIpc) is 2.89. The van der Waals surface area contributed by atoms with Crippen LogP contribution in [0.2, 0.25) is 5.02 Å². The van der Waals surface area contributed by atoms with E-state index in [0.29, 0.717) is 47.1 Å². The van der Waals surface area contributed by atoms with Crippen molar-refractivity contribution in [1.29, 1.82) is 0 Å². The van der Waals surface area contributed by atoms with E-state index in [1.165, 1.54) is 31.6 Å². The normalized spacial score (nSPS) is 15.6. The van der Waals surface area contributed by atoms with Crippen LogP contribution in [0.5, 0.6) is 11.5 Å². The van der Waals surface area contributed by atoms with Crippen LogP contribution in [0.15, 0.2) is 36.7 Å². The smallest absolute Gasteiger partial charge is 0.222 e. The summed E-state index contributed by atoms with van der Waals surface area (Å²) in [6.07, 6.45) is 0.633. The number of hydrogen-bond donors (Lipinski definition) is 4. The summed E-state index contributed by atoms with van der Waals surface area (Å²) in [6.45, 7) is 1.06. The molecule has 2 unspecified atom stereocenters. The molecule has 2 aromatic carbocycles. The van der Waals surface area contributed by atoms with Crippen molar-refractivity contribution < 1.29 is 33.6 Å². The van der Waals surface area contributed by atoms with Crippen molar-refractivity contribution in [2.24, 2.45) is 0 Å². The molecule has 2 atom stereocenters. The van der Waals surface area contributed by atoms with Crippen LogP contribution < -0.4 is 20.1 Å². The van der Waals surface area contributed by atoms with Crippen molar-refractivity contribution in [2.75, 3.05) is 32.2 Å². The maximum Gasteiger partial charge on any atom is 0.222 e. The number of amides is 1. The predicted molar refractivity (Wildman–Crippen MR) is 140 cm³/mol. The van der Waals surface area contributed by atoms with Crippen molar-refractivity contribution in [2.45, 2.75) is 43.9 Å². The van der Waals surface area contributed by atoms with Crippen molar-refractivity contribution >= 4 is 39.9 Å².